The van der Waals surface area contributed by atoms with Gasteiger partial charge in [0.25, 0.3) is 0 Å². The van der Waals surface area contributed by atoms with Gasteiger partial charge in [-0.25, -0.2) is 0 Å². The molecule has 20 heavy (non-hydrogen) atoms. The van der Waals surface area contributed by atoms with Gasteiger partial charge in [-0.3, -0.25) is 0 Å². The first-order valence-corrected chi connectivity index (χ1v) is 7.98. The summed E-state index contributed by atoms with van der Waals surface area (Å²) in [6, 6.07) is 32.5. The van der Waals surface area contributed by atoms with E-state index in [0.717, 1.165) is 0 Å². The number of hydrogen-bond acceptors (Lipinski definition) is 0. The van der Waals surface area contributed by atoms with E-state index in [9.17, 15) is 0 Å². The van der Waals surface area contributed by atoms with Crippen LogP contribution in [-0.4, -0.2) is 0 Å². The van der Waals surface area contributed by atoms with Crippen molar-refractivity contribution in [2.45, 2.75) is 0 Å². The van der Waals surface area contributed by atoms with Crippen LogP contribution >= 0.6 is 7.92 Å². The molecule has 0 atom stereocenters. The first kappa shape index (κ1) is 15.0. The van der Waals surface area contributed by atoms with Gasteiger partial charge in [0, 0.05) is 17.1 Å². The predicted molar refractivity (Wildman–Crippen MR) is 86.5 cm³/mol. The summed E-state index contributed by atoms with van der Waals surface area (Å²) < 4.78 is 0. The predicted octanol–water partition coefficient (Wildman–Crippen LogP) is 3.17. The normalized spacial score (nSPS) is 10.1. The summed E-state index contributed by atoms with van der Waals surface area (Å²) in [5, 5.41) is 4.31. The van der Waals surface area contributed by atoms with Gasteiger partial charge in [-0.2, -0.15) is 0 Å². The molecule has 0 aliphatic carbocycles. The summed E-state index contributed by atoms with van der Waals surface area (Å²) >= 11 is 0. The van der Waals surface area contributed by atoms with Crippen molar-refractivity contribution in [3.63, 3.8) is 0 Å². The fraction of sp³-hybridized carbons (Fsp3) is 0. The van der Waals surface area contributed by atoms with E-state index in [0.29, 0.717) is 0 Å². The Morgan fingerprint density at radius 2 is 0.650 bits per heavy atom. The largest absolute Gasteiger partial charge is 0.102 e. The molecule has 0 saturated carbocycles. The Labute approximate surface area is 132 Å². The number of hydrogen-bond donors (Lipinski definition) is 0. The molecule has 0 unspecified atom stereocenters. The Kier molecular flexibility index (Phi) is 5.56. The van der Waals surface area contributed by atoms with Crippen LogP contribution in [0.3, 0.4) is 0 Å². The van der Waals surface area contributed by atoms with Gasteiger partial charge in [-0.1, -0.05) is 54.6 Å². The van der Waals surface area contributed by atoms with Crippen molar-refractivity contribution in [1.29, 1.82) is 0 Å². The SMILES string of the molecule is [Cu].c1ccc([PH+](c2ccccc2)c2ccccc2)cc1. The Morgan fingerprint density at radius 3 is 0.900 bits per heavy atom. The van der Waals surface area contributed by atoms with Crippen LogP contribution < -0.4 is 15.9 Å². The number of rotatable bonds is 3. The second kappa shape index (κ2) is 7.41. The maximum Gasteiger partial charge on any atom is 0.102 e. The van der Waals surface area contributed by atoms with Gasteiger partial charge in [0.2, 0.25) is 0 Å². The van der Waals surface area contributed by atoms with Crippen molar-refractivity contribution in [2.75, 3.05) is 0 Å². The molecule has 2 heteroatoms. The van der Waals surface area contributed by atoms with E-state index in [1.165, 1.54) is 15.9 Å². The molecule has 0 aliphatic rings. The summed E-state index contributed by atoms with van der Waals surface area (Å²) in [4.78, 5) is 0. The molecule has 0 amide bonds. The van der Waals surface area contributed by atoms with Crippen molar-refractivity contribution in [1.82, 2.24) is 0 Å². The van der Waals surface area contributed by atoms with E-state index >= 15 is 0 Å². The van der Waals surface area contributed by atoms with Gasteiger partial charge in [-0.05, 0) is 36.4 Å². The van der Waals surface area contributed by atoms with E-state index in [-0.39, 0.29) is 17.1 Å². The van der Waals surface area contributed by atoms with Gasteiger partial charge in [0.05, 0.1) is 7.92 Å². The molecule has 0 spiro atoms. The minimum Gasteiger partial charge on any atom is -0.0620 e. The molecule has 0 aliphatic heterocycles. The maximum atomic E-state index is 2.24. The average Bonchev–Trinajstić information content (AvgIpc) is 2.51. The molecule has 103 valence electrons. The Hall–Kier alpha value is -1.39. The third kappa shape index (κ3) is 3.38. The summed E-state index contributed by atoms with van der Waals surface area (Å²) in [5.41, 5.74) is 0. The zero-order chi connectivity index (χ0) is 12.9. The van der Waals surface area contributed by atoms with Crippen LogP contribution in [0.5, 0.6) is 0 Å². The molecule has 1 radical (unpaired) electrons. The van der Waals surface area contributed by atoms with Gasteiger partial charge < -0.3 is 0 Å². The Bertz CT molecular complexity index is 529. The van der Waals surface area contributed by atoms with E-state index in [4.69, 9.17) is 0 Å². The van der Waals surface area contributed by atoms with Crippen LogP contribution in [0.2, 0.25) is 0 Å². The zero-order valence-electron chi connectivity index (χ0n) is 11.0. The Morgan fingerprint density at radius 1 is 0.400 bits per heavy atom. The van der Waals surface area contributed by atoms with Gasteiger partial charge >= 0.3 is 0 Å². The van der Waals surface area contributed by atoms with Crippen LogP contribution in [-0.2, 0) is 17.1 Å². The summed E-state index contributed by atoms with van der Waals surface area (Å²) in [7, 11) is -0.877. The second-order valence-electron chi connectivity index (χ2n) is 4.47. The second-order valence-corrected chi connectivity index (χ2v) is 6.96. The molecule has 0 heterocycles. The molecule has 0 nitrogen and oxygen atoms in total. The molecule has 0 N–H and O–H groups in total. The molecular weight excluding hydrogens is 311 g/mol. The first-order chi connectivity index (χ1) is 9.45. The van der Waals surface area contributed by atoms with E-state index in [1.54, 1.807) is 0 Å². The topological polar surface area (TPSA) is 0 Å². The quantitative estimate of drug-likeness (QED) is 0.512. The van der Waals surface area contributed by atoms with E-state index in [2.05, 4.69) is 91.0 Å². The molecule has 0 bridgehead atoms. The van der Waals surface area contributed by atoms with E-state index in [1.807, 2.05) is 0 Å². The molecule has 3 rings (SSSR count). The summed E-state index contributed by atoms with van der Waals surface area (Å²) in [6.45, 7) is 0. The molecule has 3 aromatic rings. The fourth-order valence-electron chi connectivity index (χ4n) is 2.31. The maximum absolute atomic E-state index is 2.24. The third-order valence-corrected chi connectivity index (χ3v) is 5.92. The minimum atomic E-state index is -0.877. The monoisotopic (exact) mass is 326 g/mol. The van der Waals surface area contributed by atoms with Crippen LogP contribution in [0.1, 0.15) is 0 Å². The van der Waals surface area contributed by atoms with Crippen molar-refractivity contribution < 1.29 is 17.1 Å². The molecule has 3 aromatic carbocycles. The van der Waals surface area contributed by atoms with Crippen LogP contribution in [0, 0.1) is 0 Å². The molecular formula is C18H16CuP+. The first-order valence-electron chi connectivity index (χ1n) is 6.48. The smallest absolute Gasteiger partial charge is 0.0620 e. The fourth-order valence-corrected chi connectivity index (χ4v) is 4.89. The standard InChI is InChI=1S/C18H15P.Cu/c1-4-10-16(11-5-1)19(17-12-6-2-7-13-17)18-14-8-3-9-15-18;/h1-15H;/p+1. The Balaban J connectivity index is 0.00000147. The summed E-state index contributed by atoms with van der Waals surface area (Å²) in [6.07, 6.45) is 0. The minimum absolute atomic E-state index is 0. The van der Waals surface area contributed by atoms with Crippen LogP contribution in [0.25, 0.3) is 0 Å². The number of benzene rings is 3. The van der Waals surface area contributed by atoms with Crippen LogP contribution in [0.15, 0.2) is 91.0 Å². The molecule has 0 aromatic heterocycles. The van der Waals surface area contributed by atoms with E-state index < -0.39 is 7.92 Å². The van der Waals surface area contributed by atoms with Crippen molar-refractivity contribution in [3.8, 4) is 0 Å². The van der Waals surface area contributed by atoms with Gasteiger partial charge in [0.15, 0.2) is 0 Å². The average molecular weight is 327 g/mol. The van der Waals surface area contributed by atoms with Gasteiger partial charge in [-0.15, -0.1) is 0 Å². The third-order valence-electron chi connectivity index (χ3n) is 3.19. The molecule has 0 saturated heterocycles. The van der Waals surface area contributed by atoms with Crippen molar-refractivity contribution >= 4 is 23.8 Å². The zero-order valence-corrected chi connectivity index (χ0v) is 12.9. The molecule has 0 fully saturated rings. The van der Waals surface area contributed by atoms with Crippen LogP contribution in [0.4, 0.5) is 0 Å². The van der Waals surface area contributed by atoms with Crippen molar-refractivity contribution in [3.05, 3.63) is 91.0 Å². The van der Waals surface area contributed by atoms with Gasteiger partial charge in [0.1, 0.15) is 15.9 Å². The van der Waals surface area contributed by atoms with Crippen molar-refractivity contribution in [2.24, 2.45) is 0 Å². The summed E-state index contributed by atoms with van der Waals surface area (Å²) in [5.74, 6) is 0.